The molecule has 0 aliphatic rings. The van der Waals surface area contributed by atoms with E-state index >= 15 is 0 Å². The van der Waals surface area contributed by atoms with E-state index in [1.54, 1.807) is 30.5 Å². The maximum atomic E-state index is 12.1. The van der Waals surface area contributed by atoms with Crippen molar-refractivity contribution in [2.24, 2.45) is 0 Å². The number of furan rings is 1. The summed E-state index contributed by atoms with van der Waals surface area (Å²) in [5.74, 6) is 0.335. The molecule has 3 rings (SSSR count). The number of carbonyl (C=O) groups excluding carboxylic acids is 1. The van der Waals surface area contributed by atoms with Crippen LogP contribution < -0.4 is 10.9 Å². The Hall–Kier alpha value is -3.27. The molecule has 0 saturated heterocycles. The van der Waals surface area contributed by atoms with E-state index in [1.165, 1.54) is 0 Å². The van der Waals surface area contributed by atoms with Crippen molar-refractivity contribution < 1.29 is 9.21 Å². The van der Waals surface area contributed by atoms with Gasteiger partial charge in [-0.1, -0.05) is 49.0 Å². The summed E-state index contributed by atoms with van der Waals surface area (Å²) in [5, 5.41) is 0. The molecule has 0 aliphatic heterocycles. The van der Waals surface area contributed by atoms with E-state index in [4.69, 9.17) is 4.42 Å². The molecule has 0 radical (unpaired) electrons. The fraction of sp³-hybridized carbons (Fsp3) is 0. The number of benzene rings is 2. The average Bonchev–Trinajstić information content (AvgIpc) is 3.15. The van der Waals surface area contributed by atoms with Crippen LogP contribution in [-0.4, -0.2) is 5.91 Å². The molecule has 1 aromatic heterocycles. The third kappa shape index (κ3) is 3.49. The molecule has 0 atom stereocenters. The minimum Gasteiger partial charge on any atom is -0.463 e. The minimum atomic E-state index is -0.239. The van der Waals surface area contributed by atoms with Crippen molar-refractivity contribution in [3.8, 4) is 11.1 Å². The van der Waals surface area contributed by atoms with Crippen LogP contribution in [0.25, 0.3) is 16.8 Å². The van der Waals surface area contributed by atoms with E-state index in [9.17, 15) is 4.79 Å². The number of hydrogen-bond acceptors (Lipinski definition) is 3. The Balaban J connectivity index is 1.63. The SMILES string of the molecule is C=C(NNC(=O)c1ccc(-c2ccccc2)cc1)c1ccco1. The Morgan fingerprint density at radius 3 is 2.17 bits per heavy atom. The molecule has 0 unspecified atom stereocenters. The van der Waals surface area contributed by atoms with E-state index in [1.807, 2.05) is 42.5 Å². The lowest BCUT2D eigenvalue weighted by Crippen LogP contribution is -2.35. The normalized spacial score (nSPS) is 10.1. The molecule has 0 aliphatic carbocycles. The summed E-state index contributed by atoms with van der Waals surface area (Å²) >= 11 is 0. The molecule has 0 spiro atoms. The first-order valence-electron chi connectivity index (χ1n) is 7.18. The second-order valence-corrected chi connectivity index (χ2v) is 4.98. The molecule has 0 saturated carbocycles. The van der Waals surface area contributed by atoms with Gasteiger partial charge in [-0.15, -0.1) is 0 Å². The van der Waals surface area contributed by atoms with E-state index in [2.05, 4.69) is 17.4 Å². The number of amides is 1. The molecule has 23 heavy (non-hydrogen) atoms. The largest absolute Gasteiger partial charge is 0.463 e. The second kappa shape index (κ2) is 6.66. The molecule has 4 nitrogen and oxygen atoms in total. The third-order valence-corrected chi connectivity index (χ3v) is 3.40. The molecular formula is C19H16N2O2. The summed E-state index contributed by atoms with van der Waals surface area (Å²) < 4.78 is 5.18. The first-order valence-corrected chi connectivity index (χ1v) is 7.18. The molecule has 2 N–H and O–H groups in total. The Morgan fingerprint density at radius 2 is 1.52 bits per heavy atom. The number of carbonyl (C=O) groups is 1. The standard InChI is InChI=1S/C19H16N2O2/c1-14(18-8-5-13-23-18)20-21-19(22)17-11-9-16(10-12-17)15-6-3-2-4-7-15/h2-13,20H,1H2,(H,21,22). The van der Waals surface area contributed by atoms with E-state index in [-0.39, 0.29) is 5.91 Å². The molecule has 0 bridgehead atoms. The summed E-state index contributed by atoms with van der Waals surface area (Å²) in [4.78, 5) is 12.1. The Morgan fingerprint density at radius 1 is 0.826 bits per heavy atom. The number of nitrogens with one attached hydrogen (secondary N) is 2. The molecule has 2 aromatic carbocycles. The van der Waals surface area contributed by atoms with Gasteiger partial charge in [0.25, 0.3) is 5.91 Å². The third-order valence-electron chi connectivity index (χ3n) is 3.40. The monoisotopic (exact) mass is 304 g/mol. The smallest absolute Gasteiger partial charge is 0.269 e. The maximum absolute atomic E-state index is 12.1. The lowest BCUT2D eigenvalue weighted by atomic mass is 10.0. The topological polar surface area (TPSA) is 54.3 Å². The maximum Gasteiger partial charge on any atom is 0.269 e. The Bertz CT molecular complexity index is 791. The van der Waals surface area contributed by atoms with Crippen LogP contribution >= 0.6 is 0 Å². The van der Waals surface area contributed by atoms with Gasteiger partial charge in [0, 0.05) is 5.56 Å². The van der Waals surface area contributed by atoms with Crippen molar-refractivity contribution in [2.75, 3.05) is 0 Å². The first-order chi connectivity index (χ1) is 11.2. The molecule has 1 heterocycles. The quantitative estimate of drug-likeness (QED) is 0.704. The number of hydrogen-bond donors (Lipinski definition) is 2. The predicted molar refractivity (Wildman–Crippen MR) is 90.2 cm³/mol. The first kappa shape index (κ1) is 14.7. The zero-order valence-corrected chi connectivity index (χ0v) is 12.5. The summed E-state index contributed by atoms with van der Waals surface area (Å²) in [6.07, 6.45) is 1.55. The van der Waals surface area contributed by atoms with Crippen LogP contribution in [0.2, 0.25) is 0 Å². The van der Waals surface area contributed by atoms with Crippen LogP contribution in [0.1, 0.15) is 16.1 Å². The number of rotatable bonds is 5. The van der Waals surface area contributed by atoms with Crippen molar-refractivity contribution in [1.82, 2.24) is 10.9 Å². The van der Waals surface area contributed by atoms with Gasteiger partial charge in [0.15, 0.2) is 5.76 Å². The summed E-state index contributed by atoms with van der Waals surface area (Å²) in [7, 11) is 0. The zero-order valence-electron chi connectivity index (χ0n) is 12.5. The van der Waals surface area contributed by atoms with Gasteiger partial charge in [-0.25, -0.2) is 0 Å². The van der Waals surface area contributed by atoms with Crippen molar-refractivity contribution in [3.05, 3.63) is 90.9 Å². The molecule has 4 heteroatoms. The lowest BCUT2D eigenvalue weighted by molar-refractivity contribution is 0.0942. The highest BCUT2D eigenvalue weighted by Crippen LogP contribution is 2.19. The zero-order chi connectivity index (χ0) is 16.1. The van der Waals surface area contributed by atoms with E-state index < -0.39 is 0 Å². The van der Waals surface area contributed by atoms with Crippen molar-refractivity contribution in [1.29, 1.82) is 0 Å². The Kier molecular flexibility index (Phi) is 4.25. The molecule has 3 aromatic rings. The summed E-state index contributed by atoms with van der Waals surface area (Å²) in [5.41, 5.74) is 8.57. The number of hydrazine groups is 1. The van der Waals surface area contributed by atoms with Gasteiger partial charge in [-0.05, 0) is 35.4 Å². The van der Waals surface area contributed by atoms with Gasteiger partial charge in [-0.3, -0.25) is 15.6 Å². The Labute approximate surface area is 134 Å². The van der Waals surface area contributed by atoms with Crippen LogP contribution in [0.3, 0.4) is 0 Å². The fourth-order valence-electron chi connectivity index (χ4n) is 2.16. The van der Waals surface area contributed by atoms with Crippen molar-refractivity contribution >= 4 is 11.6 Å². The van der Waals surface area contributed by atoms with Crippen molar-refractivity contribution in [2.45, 2.75) is 0 Å². The molecule has 1 amide bonds. The van der Waals surface area contributed by atoms with Gasteiger partial charge in [-0.2, -0.15) is 0 Å². The van der Waals surface area contributed by atoms with Crippen LogP contribution in [0.4, 0.5) is 0 Å². The predicted octanol–water partition coefficient (Wildman–Crippen LogP) is 3.85. The highest BCUT2D eigenvalue weighted by Gasteiger charge is 2.07. The minimum absolute atomic E-state index is 0.239. The van der Waals surface area contributed by atoms with E-state index in [0.29, 0.717) is 17.0 Å². The summed E-state index contributed by atoms with van der Waals surface area (Å²) in [6, 6.07) is 20.9. The molecule has 0 fully saturated rings. The fourth-order valence-corrected chi connectivity index (χ4v) is 2.16. The van der Waals surface area contributed by atoms with Crippen LogP contribution in [-0.2, 0) is 0 Å². The second-order valence-electron chi connectivity index (χ2n) is 4.98. The van der Waals surface area contributed by atoms with E-state index in [0.717, 1.165) is 11.1 Å². The highest BCUT2D eigenvalue weighted by atomic mass is 16.3. The van der Waals surface area contributed by atoms with Crippen molar-refractivity contribution in [3.63, 3.8) is 0 Å². The summed E-state index contributed by atoms with van der Waals surface area (Å²) in [6.45, 7) is 3.80. The highest BCUT2D eigenvalue weighted by molar-refractivity contribution is 5.94. The van der Waals surface area contributed by atoms with Gasteiger partial charge in [0.2, 0.25) is 0 Å². The van der Waals surface area contributed by atoms with Crippen LogP contribution in [0.5, 0.6) is 0 Å². The van der Waals surface area contributed by atoms with Crippen LogP contribution in [0, 0.1) is 0 Å². The molecule has 114 valence electrons. The van der Waals surface area contributed by atoms with Gasteiger partial charge >= 0.3 is 0 Å². The van der Waals surface area contributed by atoms with Gasteiger partial charge in [0.05, 0.1) is 12.0 Å². The molecular weight excluding hydrogens is 288 g/mol. The van der Waals surface area contributed by atoms with Crippen LogP contribution in [0.15, 0.2) is 84.0 Å². The average molecular weight is 304 g/mol. The lowest BCUT2D eigenvalue weighted by Gasteiger charge is -2.09. The van der Waals surface area contributed by atoms with Gasteiger partial charge < -0.3 is 4.42 Å². The van der Waals surface area contributed by atoms with Gasteiger partial charge in [0.1, 0.15) is 0 Å².